The number of hydrogen-bond acceptors (Lipinski definition) is 3. The second-order valence-electron chi connectivity index (χ2n) is 5.82. The zero-order chi connectivity index (χ0) is 16.9. The molecule has 4 heteroatoms. The van der Waals surface area contributed by atoms with Gasteiger partial charge in [-0.1, -0.05) is 18.2 Å². The van der Waals surface area contributed by atoms with Crippen LogP contribution in [-0.4, -0.2) is 17.3 Å². The number of nitrogens with zero attached hydrogens (tertiary/aromatic N) is 1. The Balaban J connectivity index is 1.63. The summed E-state index contributed by atoms with van der Waals surface area (Å²) in [5.74, 6) is 0.00123. The molecular weight excluding hydrogens is 298 g/mol. The van der Waals surface area contributed by atoms with E-state index in [2.05, 4.69) is 34.7 Å². The van der Waals surface area contributed by atoms with Crippen LogP contribution >= 0.6 is 0 Å². The molecule has 2 N–H and O–H groups in total. The maximum absolute atomic E-state index is 11.5. The lowest BCUT2D eigenvalue weighted by Gasteiger charge is -2.09. The maximum Gasteiger partial charge on any atom is 0.159 e. The number of carbonyl (C=O) groups excluding carboxylic acids is 1. The maximum atomic E-state index is 11.5. The van der Waals surface area contributed by atoms with Crippen molar-refractivity contribution in [3.8, 4) is 6.07 Å². The van der Waals surface area contributed by atoms with Crippen molar-refractivity contribution in [1.82, 2.24) is 4.98 Å². The highest BCUT2D eigenvalue weighted by Gasteiger charge is 2.07. The highest BCUT2D eigenvalue weighted by Crippen LogP contribution is 2.20. The summed E-state index contributed by atoms with van der Waals surface area (Å²) in [5.41, 5.74) is 4.36. The molecule has 0 aliphatic carbocycles. The average molecular weight is 317 g/mol. The molecule has 1 heterocycles. The van der Waals surface area contributed by atoms with Gasteiger partial charge < -0.3 is 10.3 Å². The average Bonchev–Trinajstić information content (AvgIpc) is 3.01. The molecule has 1 aromatic heterocycles. The van der Waals surface area contributed by atoms with Gasteiger partial charge in [0.1, 0.15) is 6.07 Å². The fourth-order valence-electron chi connectivity index (χ4n) is 2.85. The van der Waals surface area contributed by atoms with Gasteiger partial charge in [0.15, 0.2) is 5.78 Å². The number of nitrogens with one attached hydrogen (secondary N) is 2. The second kappa shape index (κ2) is 7.01. The summed E-state index contributed by atoms with van der Waals surface area (Å²) < 4.78 is 0. The van der Waals surface area contributed by atoms with E-state index in [-0.39, 0.29) is 5.78 Å². The molecule has 24 heavy (non-hydrogen) atoms. The van der Waals surface area contributed by atoms with Crippen LogP contribution < -0.4 is 5.32 Å². The first-order valence-electron chi connectivity index (χ1n) is 8.03. The fraction of sp³-hybridized carbons (Fsp3) is 0.200. The number of ketones is 1. The number of fused-ring (bicyclic) bond motifs is 1. The SMILES string of the molecule is CC(=O)c1ccc(C#N)c(NCCCc2c[nH]c3ccccc23)c1. The number of nitriles is 1. The number of aromatic amines is 1. The van der Waals surface area contributed by atoms with Crippen molar-refractivity contribution >= 4 is 22.4 Å². The first-order valence-corrected chi connectivity index (χ1v) is 8.03. The highest BCUT2D eigenvalue weighted by molar-refractivity contribution is 5.95. The number of aromatic nitrogens is 1. The van der Waals surface area contributed by atoms with Gasteiger partial charge in [0.05, 0.1) is 11.3 Å². The summed E-state index contributed by atoms with van der Waals surface area (Å²) in [6, 6.07) is 15.6. The van der Waals surface area contributed by atoms with Crippen molar-refractivity contribution < 1.29 is 4.79 Å². The molecule has 0 aliphatic heterocycles. The molecule has 3 rings (SSSR count). The molecule has 0 radical (unpaired) electrons. The van der Waals surface area contributed by atoms with Crippen LogP contribution in [0.15, 0.2) is 48.7 Å². The Morgan fingerprint density at radius 3 is 2.88 bits per heavy atom. The molecule has 0 atom stereocenters. The summed E-state index contributed by atoms with van der Waals surface area (Å²) in [6.07, 6.45) is 3.95. The summed E-state index contributed by atoms with van der Waals surface area (Å²) in [4.78, 5) is 14.8. The number of carbonyl (C=O) groups is 1. The van der Waals surface area contributed by atoms with Gasteiger partial charge in [-0.2, -0.15) is 5.26 Å². The molecule has 0 saturated heterocycles. The first-order chi connectivity index (χ1) is 11.7. The normalized spacial score (nSPS) is 10.5. The van der Waals surface area contributed by atoms with E-state index in [1.54, 1.807) is 18.2 Å². The van der Waals surface area contributed by atoms with Crippen molar-refractivity contribution in [2.75, 3.05) is 11.9 Å². The van der Waals surface area contributed by atoms with Gasteiger partial charge in [0.2, 0.25) is 0 Å². The first kappa shape index (κ1) is 15.8. The number of H-pyrrole nitrogens is 1. The van der Waals surface area contributed by atoms with Gasteiger partial charge in [-0.3, -0.25) is 4.79 Å². The number of rotatable bonds is 6. The van der Waals surface area contributed by atoms with Crippen LogP contribution in [0.1, 0.15) is 34.8 Å². The molecule has 0 fully saturated rings. The predicted molar refractivity (Wildman–Crippen MR) is 96.3 cm³/mol. The minimum absolute atomic E-state index is 0.00123. The highest BCUT2D eigenvalue weighted by atomic mass is 16.1. The molecule has 0 amide bonds. The number of hydrogen-bond donors (Lipinski definition) is 2. The Morgan fingerprint density at radius 1 is 1.25 bits per heavy atom. The second-order valence-corrected chi connectivity index (χ2v) is 5.82. The molecule has 0 unspecified atom stereocenters. The Labute approximate surface area is 141 Å². The van der Waals surface area contributed by atoms with E-state index in [0.717, 1.165) is 30.6 Å². The van der Waals surface area contributed by atoms with Gasteiger partial charge in [-0.05, 0) is 49.6 Å². The van der Waals surface area contributed by atoms with Crippen molar-refractivity contribution in [1.29, 1.82) is 5.26 Å². The number of aryl methyl sites for hydroxylation is 1. The molecule has 0 bridgehead atoms. The van der Waals surface area contributed by atoms with Gasteiger partial charge in [0.25, 0.3) is 0 Å². The van der Waals surface area contributed by atoms with Crippen LogP contribution in [0.5, 0.6) is 0 Å². The molecule has 0 saturated carbocycles. The summed E-state index contributed by atoms with van der Waals surface area (Å²) in [5, 5.41) is 13.7. The lowest BCUT2D eigenvalue weighted by Crippen LogP contribution is -2.06. The third-order valence-electron chi connectivity index (χ3n) is 4.16. The topological polar surface area (TPSA) is 68.7 Å². The zero-order valence-electron chi connectivity index (χ0n) is 13.6. The lowest BCUT2D eigenvalue weighted by atomic mass is 10.1. The summed E-state index contributed by atoms with van der Waals surface area (Å²) >= 11 is 0. The van der Waals surface area contributed by atoms with E-state index in [0.29, 0.717) is 11.1 Å². The Morgan fingerprint density at radius 2 is 2.08 bits per heavy atom. The number of benzene rings is 2. The Kier molecular flexibility index (Phi) is 4.62. The van der Waals surface area contributed by atoms with Crippen molar-refractivity contribution in [3.05, 3.63) is 65.4 Å². The molecule has 4 nitrogen and oxygen atoms in total. The van der Waals surface area contributed by atoms with E-state index in [4.69, 9.17) is 0 Å². The van der Waals surface area contributed by atoms with Crippen LogP contribution in [0.25, 0.3) is 10.9 Å². The molecule has 2 aromatic carbocycles. The zero-order valence-corrected chi connectivity index (χ0v) is 13.6. The van der Waals surface area contributed by atoms with Gasteiger partial charge >= 0.3 is 0 Å². The van der Waals surface area contributed by atoms with Gasteiger partial charge in [-0.25, -0.2) is 0 Å². The van der Waals surface area contributed by atoms with E-state index >= 15 is 0 Å². The Bertz CT molecular complexity index is 918. The molecule has 3 aromatic rings. The van der Waals surface area contributed by atoms with Crippen LogP contribution in [0.3, 0.4) is 0 Å². The van der Waals surface area contributed by atoms with Crippen LogP contribution in [-0.2, 0) is 6.42 Å². The predicted octanol–water partition coefficient (Wildman–Crippen LogP) is 4.29. The van der Waals surface area contributed by atoms with Crippen molar-refractivity contribution in [2.24, 2.45) is 0 Å². The standard InChI is InChI=1S/C20H19N3O/c1-14(24)15-8-9-16(12-21)20(11-15)22-10-4-5-17-13-23-19-7-3-2-6-18(17)19/h2-3,6-9,11,13,22-23H,4-5,10H2,1H3. The number of anilines is 1. The molecule has 0 aliphatic rings. The van der Waals surface area contributed by atoms with Crippen molar-refractivity contribution in [3.63, 3.8) is 0 Å². The monoisotopic (exact) mass is 317 g/mol. The minimum atomic E-state index is 0.00123. The van der Waals surface area contributed by atoms with Gasteiger partial charge in [-0.15, -0.1) is 0 Å². The quantitative estimate of drug-likeness (QED) is 0.526. The molecule has 0 spiro atoms. The molecule has 120 valence electrons. The number of para-hydroxylation sites is 1. The summed E-state index contributed by atoms with van der Waals surface area (Å²) in [7, 11) is 0. The summed E-state index contributed by atoms with van der Waals surface area (Å²) in [6.45, 7) is 2.28. The van der Waals surface area contributed by atoms with Crippen molar-refractivity contribution in [2.45, 2.75) is 19.8 Å². The largest absolute Gasteiger partial charge is 0.384 e. The molecular formula is C20H19N3O. The minimum Gasteiger partial charge on any atom is -0.384 e. The van der Waals surface area contributed by atoms with E-state index in [1.807, 2.05) is 12.1 Å². The van der Waals surface area contributed by atoms with E-state index in [1.165, 1.54) is 17.9 Å². The van der Waals surface area contributed by atoms with Crippen LogP contribution in [0, 0.1) is 11.3 Å². The lowest BCUT2D eigenvalue weighted by molar-refractivity contribution is 0.101. The van der Waals surface area contributed by atoms with Crippen LogP contribution in [0.4, 0.5) is 5.69 Å². The smallest absolute Gasteiger partial charge is 0.159 e. The third kappa shape index (κ3) is 3.31. The third-order valence-corrected chi connectivity index (χ3v) is 4.16. The Hall–Kier alpha value is -3.06. The van der Waals surface area contributed by atoms with Crippen LogP contribution in [0.2, 0.25) is 0 Å². The number of Topliss-reactive ketones (excluding diaryl/α,β-unsaturated/α-hetero) is 1. The van der Waals surface area contributed by atoms with Gasteiger partial charge in [0, 0.05) is 29.2 Å². The van der Waals surface area contributed by atoms with E-state index < -0.39 is 0 Å². The van der Waals surface area contributed by atoms with E-state index in [9.17, 15) is 10.1 Å². The fourth-order valence-corrected chi connectivity index (χ4v) is 2.85.